The summed E-state index contributed by atoms with van der Waals surface area (Å²) >= 11 is 5.98. The number of rotatable bonds is 11. The van der Waals surface area contributed by atoms with Gasteiger partial charge in [0.15, 0.2) is 0 Å². The predicted octanol–water partition coefficient (Wildman–Crippen LogP) is 4.44. The van der Waals surface area contributed by atoms with Crippen molar-refractivity contribution in [2.75, 3.05) is 26.2 Å². The Morgan fingerprint density at radius 1 is 1.19 bits per heavy atom. The highest BCUT2D eigenvalue weighted by Crippen LogP contribution is 2.20. The smallest absolute Gasteiger partial charge is 0.0406 e. The number of hydrogen-bond donors (Lipinski definition) is 1. The summed E-state index contributed by atoms with van der Waals surface area (Å²) in [4.78, 5) is 2.34. The van der Waals surface area contributed by atoms with E-state index in [4.69, 9.17) is 11.6 Å². The Morgan fingerprint density at radius 2 is 1.81 bits per heavy atom. The van der Waals surface area contributed by atoms with Gasteiger partial charge in [-0.05, 0) is 37.1 Å². The number of benzene rings is 1. The van der Waals surface area contributed by atoms with Crippen molar-refractivity contribution in [3.8, 4) is 0 Å². The summed E-state index contributed by atoms with van der Waals surface area (Å²) in [6, 6.07) is 8.51. The molecule has 0 heterocycles. The van der Waals surface area contributed by atoms with Crippen molar-refractivity contribution in [3.05, 3.63) is 60.2 Å². The third-order valence-corrected chi connectivity index (χ3v) is 3.67. The molecule has 0 fully saturated rings. The summed E-state index contributed by atoms with van der Waals surface area (Å²) in [7, 11) is 0. The van der Waals surface area contributed by atoms with Gasteiger partial charge in [0.2, 0.25) is 0 Å². The van der Waals surface area contributed by atoms with Crippen LogP contribution in [0.25, 0.3) is 0 Å². The van der Waals surface area contributed by atoms with Crippen LogP contribution in [0, 0.1) is 0 Å². The average molecular weight is 307 g/mol. The summed E-state index contributed by atoms with van der Waals surface area (Å²) in [5, 5.41) is 4.41. The third-order valence-electron chi connectivity index (χ3n) is 3.42. The molecule has 1 aromatic rings. The fourth-order valence-electron chi connectivity index (χ4n) is 2.33. The standard InChI is InChI=1S/C18H27ClN2/c1-4-12-20-18(16-7-9-17(19)10-8-16)11-15-21(13-5-2)14-6-3/h5-10,18,20H,2-4,11-15H2,1H3. The van der Waals surface area contributed by atoms with Gasteiger partial charge in [0, 0.05) is 30.7 Å². The van der Waals surface area contributed by atoms with E-state index in [2.05, 4.69) is 42.4 Å². The van der Waals surface area contributed by atoms with Crippen molar-refractivity contribution in [2.24, 2.45) is 0 Å². The van der Waals surface area contributed by atoms with Gasteiger partial charge < -0.3 is 5.32 Å². The van der Waals surface area contributed by atoms with E-state index in [1.54, 1.807) is 0 Å². The molecule has 1 N–H and O–H groups in total. The highest BCUT2D eigenvalue weighted by molar-refractivity contribution is 6.30. The van der Waals surface area contributed by atoms with Gasteiger partial charge in [-0.2, -0.15) is 0 Å². The van der Waals surface area contributed by atoms with Crippen LogP contribution in [-0.4, -0.2) is 31.1 Å². The lowest BCUT2D eigenvalue weighted by molar-refractivity contribution is 0.307. The normalized spacial score (nSPS) is 12.3. The largest absolute Gasteiger partial charge is 0.310 e. The summed E-state index contributed by atoms with van der Waals surface area (Å²) < 4.78 is 0. The first-order valence-electron chi connectivity index (χ1n) is 7.64. The first-order chi connectivity index (χ1) is 10.2. The molecule has 1 aromatic carbocycles. The Morgan fingerprint density at radius 3 is 2.33 bits per heavy atom. The van der Waals surface area contributed by atoms with E-state index in [9.17, 15) is 0 Å². The van der Waals surface area contributed by atoms with E-state index in [0.717, 1.165) is 44.0 Å². The van der Waals surface area contributed by atoms with Gasteiger partial charge in [-0.15, -0.1) is 13.2 Å². The van der Waals surface area contributed by atoms with Crippen LogP contribution in [0.5, 0.6) is 0 Å². The highest BCUT2D eigenvalue weighted by Gasteiger charge is 2.12. The molecule has 0 amide bonds. The van der Waals surface area contributed by atoms with Crippen molar-refractivity contribution in [2.45, 2.75) is 25.8 Å². The van der Waals surface area contributed by atoms with E-state index >= 15 is 0 Å². The van der Waals surface area contributed by atoms with Crippen LogP contribution in [0.3, 0.4) is 0 Å². The zero-order valence-corrected chi connectivity index (χ0v) is 13.8. The Bertz CT molecular complexity index is 404. The molecule has 2 nitrogen and oxygen atoms in total. The summed E-state index contributed by atoms with van der Waals surface area (Å²) in [6.45, 7) is 13.7. The van der Waals surface area contributed by atoms with Crippen LogP contribution < -0.4 is 5.32 Å². The molecule has 0 saturated heterocycles. The van der Waals surface area contributed by atoms with Crippen LogP contribution in [0.4, 0.5) is 0 Å². The lowest BCUT2D eigenvalue weighted by Gasteiger charge is -2.24. The quantitative estimate of drug-likeness (QED) is 0.608. The van der Waals surface area contributed by atoms with Crippen LogP contribution >= 0.6 is 11.6 Å². The van der Waals surface area contributed by atoms with E-state index in [-0.39, 0.29) is 0 Å². The molecule has 116 valence electrons. The lowest BCUT2D eigenvalue weighted by atomic mass is 10.0. The zero-order valence-electron chi connectivity index (χ0n) is 13.0. The molecule has 0 saturated carbocycles. The van der Waals surface area contributed by atoms with Crippen molar-refractivity contribution in [3.63, 3.8) is 0 Å². The van der Waals surface area contributed by atoms with E-state index in [0.29, 0.717) is 6.04 Å². The minimum atomic E-state index is 0.361. The van der Waals surface area contributed by atoms with Crippen LogP contribution in [0.1, 0.15) is 31.4 Å². The number of nitrogens with zero attached hydrogens (tertiary/aromatic N) is 1. The average Bonchev–Trinajstić information content (AvgIpc) is 2.49. The van der Waals surface area contributed by atoms with Gasteiger partial charge in [0.25, 0.3) is 0 Å². The van der Waals surface area contributed by atoms with E-state index in [1.807, 2.05) is 24.3 Å². The third kappa shape index (κ3) is 6.94. The van der Waals surface area contributed by atoms with E-state index in [1.165, 1.54) is 5.56 Å². The highest BCUT2D eigenvalue weighted by atomic mass is 35.5. The second kappa shape index (κ2) is 10.6. The molecule has 1 unspecified atom stereocenters. The number of nitrogens with one attached hydrogen (secondary N) is 1. The maximum Gasteiger partial charge on any atom is 0.0406 e. The maximum atomic E-state index is 5.98. The molecule has 21 heavy (non-hydrogen) atoms. The Hall–Kier alpha value is -1.09. The van der Waals surface area contributed by atoms with Crippen molar-refractivity contribution in [1.82, 2.24) is 10.2 Å². The van der Waals surface area contributed by atoms with Crippen LogP contribution in [0.15, 0.2) is 49.6 Å². The molecule has 0 aliphatic rings. The molecule has 0 aliphatic carbocycles. The summed E-state index contributed by atoms with van der Waals surface area (Å²) in [5.74, 6) is 0. The van der Waals surface area contributed by atoms with Crippen molar-refractivity contribution >= 4 is 11.6 Å². The molecular weight excluding hydrogens is 280 g/mol. The van der Waals surface area contributed by atoms with Gasteiger partial charge in [0.05, 0.1) is 0 Å². The Kier molecular flexibility index (Phi) is 9.07. The fourth-order valence-corrected chi connectivity index (χ4v) is 2.46. The van der Waals surface area contributed by atoms with Gasteiger partial charge in [0.1, 0.15) is 0 Å². The van der Waals surface area contributed by atoms with Gasteiger partial charge in [-0.25, -0.2) is 0 Å². The molecule has 1 atom stereocenters. The lowest BCUT2D eigenvalue weighted by Crippen LogP contribution is -2.30. The molecule has 1 rings (SSSR count). The summed E-state index contributed by atoms with van der Waals surface area (Å²) in [6.07, 6.45) is 6.08. The molecule has 3 heteroatoms. The molecule has 0 spiro atoms. The Labute approximate surface area is 134 Å². The van der Waals surface area contributed by atoms with Gasteiger partial charge in [-0.1, -0.05) is 42.8 Å². The minimum absolute atomic E-state index is 0.361. The predicted molar refractivity (Wildman–Crippen MR) is 93.9 cm³/mol. The monoisotopic (exact) mass is 306 g/mol. The number of hydrogen-bond acceptors (Lipinski definition) is 2. The van der Waals surface area contributed by atoms with Crippen molar-refractivity contribution < 1.29 is 0 Å². The molecular formula is C18H27ClN2. The summed E-state index contributed by atoms with van der Waals surface area (Å²) in [5.41, 5.74) is 1.30. The minimum Gasteiger partial charge on any atom is -0.310 e. The maximum absolute atomic E-state index is 5.98. The first kappa shape index (κ1) is 18.0. The van der Waals surface area contributed by atoms with E-state index < -0.39 is 0 Å². The van der Waals surface area contributed by atoms with Gasteiger partial charge >= 0.3 is 0 Å². The zero-order chi connectivity index (χ0) is 15.5. The van der Waals surface area contributed by atoms with Gasteiger partial charge in [-0.3, -0.25) is 4.90 Å². The van der Waals surface area contributed by atoms with Crippen LogP contribution in [-0.2, 0) is 0 Å². The second-order valence-electron chi connectivity index (χ2n) is 5.18. The number of halogens is 1. The first-order valence-corrected chi connectivity index (χ1v) is 8.02. The fraction of sp³-hybridized carbons (Fsp3) is 0.444. The SMILES string of the molecule is C=CCN(CC=C)CCC(NCCC)c1ccc(Cl)cc1. The molecule has 0 aliphatic heterocycles. The topological polar surface area (TPSA) is 15.3 Å². The van der Waals surface area contributed by atoms with Crippen molar-refractivity contribution in [1.29, 1.82) is 0 Å². The second-order valence-corrected chi connectivity index (χ2v) is 5.62. The molecule has 0 aromatic heterocycles. The molecule has 0 radical (unpaired) electrons. The van der Waals surface area contributed by atoms with Crippen LogP contribution in [0.2, 0.25) is 5.02 Å². The Balaban J connectivity index is 2.66. The molecule has 0 bridgehead atoms.